The number of benzene rings is 1. The first-order valence-corrected chi connectivity index (χ1v) is 6.00. The number of hydrogen-bond donors (Lipinski definition) is 1. The summed E-state index contributed by atoms with van der Waals surface area (Å²) in [4.78, 5) is 0. The zero-order valence-corrected chi connectivity index (χ0v) is 11.2. The van der Waals surface area contributed by atoms with Crippen molar-refractivity contribution in [2.24, 2.45) is 0 Å². The maximum Gasteiger partial charge on any atom is 0.103 e. The highest BCUT2D eigenvalue weighted by molar-refractivity contribution is 5.17. The Bertz CT molecular complexity index is 315. The summed E-state index contributed by atoms with van der Waals surface area (Å²) in [5.41, 5.74) is 1.08. The summed E-state index contributed by atoms with van der Waals surface area (Å²) in [6.45, 7) is 0.254. The van der Waals surface area contributed by atoms with Crippen LogP contribution in [0.4, 0.5) is 0 Å². The number of aliphatic hydroxyl groups is 1. The molecule has 0 aliphatic carbocycles. The lowest BCUT2D eigenvalue weighted by Crippen LogP contribution is -2.33. The lowest BCUT2D eigenvalue weighted by molar-refractivity contribution is -0.0702. The van der Waals surface area contributed by atoms with Crippen molar-refractivity contribution in [3.05, 3.63) is 35.9 Å². The van der Waals surface area contributed by atoms with Crippen molar-refractivity contribution in [1.29, 1.82) is 0 Å². The first-order chi connectivity index (χ1) is 8.72. The van der Waals surface area contributed by atoms with Crippen LogP contribution in [0.15, 0.2) is 30.3 Å². The summed E-state index contributed by atoms with van der Waals surface area (Å²) in [6.07, 6.45) is -0.472. The Kier molecular flexibility index (Phi) is 6.90. The Morgan fingerprint density at radius 1 is 1.06 bits per heavy atom. The lowest BCUT2D eigenvalue weighted by Gasteiger charge is -2.25. The van der Waals surface area contributed by atoms with Crippen molar-refractivity contribution in [3.63, 3.8) is 0 Å². The van der Waals surface area contributed by atoms with E-state index in [0.29, 0.717) is 6.42 Å². The van der Waals surface area contributed by atoms with Crippen molar-refractivity contribution < 1.29 is 19.3 Å². The van der Waals surface area contributed by atoms with E-state index >= 15 is 0 Å². The molecule has 1 unspecified atom stereocenters. The summed E-state index contributed by atoms with van der Waals surface area (Å²) in [7, 11) is 4.80. The third kappa shape index (κ3) is 4.38. The highest BCUT2D eigenvalue weighted by Gasteiger charge is 2.24. The normalized spacial score (nSPS) is 16.2. The van der Waals surface area contributed by atoms with Gasteiger partial charge in [0.25, 0.3) is 0 Å². The van der Waals surface area contributed by atoms with Crippen LogP contribution in [-0.4, -0.2) is 45.3 Å². The van der Waals surface area contributed by atoms with Gasteiger partial charge in [-0.25, -0.2) is 0 Å². The Morgan fingerprint density at radius 2 is 1.72 bits per heavy atom. The molecular formula is C14H22O4. The molecule has 18 heavy (non-hydrogen) atoms. The van der Waals surface area contributed by atoms with Crippen LogP contribution < -0.4 is 0 Å². The first-order valence-electron chi connectivity index (χ1n) is 6.00. The van der Waals surface area contributed by atoms with E-state index in [9.17, 15) is 5.11 Å². The molecule has 1 N–H and O–H groups in total. The van der Waals surface area contributed by atoms with E-state index in [4.69, 9.17) is 14.2 Å². The van der Waals surface area contributed by atoms with Gasteiger partial charge in [-0.15, -0.1) is 0 Å². The first kappa shape index (κ1) is 15.1. The molecule has 0 aromatic heterocycles. The average Bonchev–Trinajstić information content (AvgIpc) is 2.41. The molecule has 1 aromatic rings. The molecular weight excluding hydrogens is 232 g/mol. The van der Waals surface area contributed by atoms with Gasteiger partial charge in [-0.05, 0) is 5.56 Å². The van der Waals surface area contributed by atoms with Gasteiger partial charge in [0.05, 0.1) is 18.8 Å². The van der Waals surface area contributed by atoms with Crippen LogP contribution in [0.5, 0.6) is 0 Å². The second kappa shape index (κ2) is 8.21. The molecule has 1 aromatic carbocycles. The molecule has 0 aliphatic rings. The molecule has 0 spiro atoms. The standard InChI is InChI=1S/C14H22O4/c1-16-10-12(15)14(18-3)9-13(17-2)11-7-5-4-6-8-11/h4-8,12-15H,9-10H2,1-3H3/t12-,13?,14+/m1/s1. The summed E-state index contributed by atoms with van der Waals surface area (Å²) < 4.78 is 15.7. The minimum absolute atomic E-state index is 0.0948. The fraction of sp³-hybridized carbons (Fsp3) is 0.571. The molecule has 4 heteroatoms. The predicted molar refractivity (Wildman–Crippen MR) is 69.5 cm³/mol. The maximum atomic E-state index is 9.89. The second-order valence-electron chi connectivity index (χ2n) is 4.17. The molecule has 0 radical (unpaired) electrons. The lowest BCUT2D eigenvalue weighted by atomic mass is 10.0. The van der Waals surface area contributed by atoms with E-state index in [-0.39, 0.29) is 18.8 Å². The number of ether oxygens (including phenoxy) is 3. The highest BCUT2D eigenvalue weighted by Crippen LogP contribution is 2.24. The quantitative estimate of drug-likeness (QED) is 0.768. The fourth-order valence-electron chi connectivity index (χ4n) is 1.94. The molecule has 0 heterocycles. The molecule has 3 atom stereocenters. The van der Waals surface area contributed by atoms with Gasteiger partial charge in [0.15, 0.2) is 0 Å². The minimum Gasteiger partial charge on any atom is -0.388 e. The van der Waals surface area contributed by atoms with Crippen molar-refractivity contribution >= 4 is 0 Å². The molecule has 1 rings (SSSR count). The molecule has 0 fully saturated rings. The van der Waals surface area contributed by atoms with Crippen LogP contribution >= 0.6 is 0 Å². The van der Waals surface area contributed by atoms with Gasteiger partial charge in [0.1, 0.15) is 6.10 Å². The summed E-state index contributed by atoms with van der Waals surface area (Å²) in [5.74, 6) is 0. The van der Waals surface area contributed by atoms with E-state index in [0.717, 1.165) is 5.56 Å². The molecule has 0 amide bonds. The topological polar surface area (TPSA) is 47.9 Å². The van der Waals surface area contributed by atoms with Gasteiger partial charge >= 0.3 is 0 Å². The Labute approximate surface area is 108 Å². The number of methoxy groups -OCH3 is 3. The van der Waals surface area contributed by atoms with Crippen LogP contribution in [-0.2, 0) is 14.2 Å². The summed E-state index contributed by atoms with van der Waals surface area (Å²) in [5, 5.41) is 9.89. The Balaban J connectivity index is 2.66. The second-order valence-corrected chi connectivity index (χ2v) is 4.17. The number of rotatable bonds is 8. The zero-order chi connectivity index (χ0) is 13.4. The van der Waals surface area contributed by atoms with E-state index in [1.807, 2.05) is 30.3 Å². The maximum absolute atomic E-state index is 9.89. The summed E-state index contributed by atoms with van der Waals surface area (Å²) >= 11 is 0. The predicted octanol–water partition coefficient (Wildman–Crippen LogP) is 1.79. The molecule has 0 saturated carbocycles. The highest BCUT2D eigenvalue weighted by atomic mass is 16.5. The van der Waals surface area contributed by atoms with E-state index in [2.05, 4.69) is 0 Å². The summed E-state index contributed by atoms with van der Waals surface area (Å²) in [6, 6.07) is 9.90. The van der Waals surface area contributed by atoms with Crippen molar-refractivity contribution in [2.45, 2.75) is 24.7 Å². The zero-order valence-electron chi connectivity index (χ0n) is 11.2. The molecule has 0 saturated heterocycles. The molecule has 0 aliphatic heterocycles. The van der Waals surface area contributed by atoms with Gasteiger partial charge < -0.3 is 19.3 Å². The van der Waals surface area contributed by atoms with E-state index in [1.165, 1.54) is 0 Å². The smallest absolute Gasteiger partial charge is 0.103 e. The average molecular weight is 254 g/mol. The van der Waals surface area contributed by atoms with Crippen molar-refractivity contribution in [2.75, 3.05) is 27.9 Å². The van der Waals surface area contributed by atoms with Crippen LogP contribution in [0.3, 0.4) is 0 Å². The van der Waals surface area contributed by atoms with Crippen LogP contribution in [0.1, 0.15) is 18.1 Å². The largest absolute Gasteiger partial charge is 0.388 e. The monoisotopic (exact) mass is 254 g/mol. The van der Waals surface area contributed by atoms with Gasteiger partial charge in [-0.3, -0.25) is 0 Å². The van der Waals surface area contributed by atoms with E-state index in [1.54, 1.807) is 21.3 Å². The third-order valence-corrected chi connectivity index (χ3v) is 2.97. The fourth-order valence-corrected chi connectivity index (χ4v) is 1.94. The van der Waals surface area contributed by atoms with Gasteiger partial charge in [-0.2, -0.15) is 0 Å². The third-order valence-electron chi connectivity index (χ3n) is 2.97. The Hall–Kier alpha value is -0.940. The van der Waals surface area contributed by atoms with Gasteiger partial charge in [-0.1, -0.05) is 30.3 Å². The minimum atomic E-state index is -0.652. The molecule has 102 valence electrons. The van der Waals surface area contributed by atoms with Crippen molar-refractivity contribution in [1.82, 2.24) is 0 Å². The van der Waals surface area contributed by atoms with Gasteiger partial charge in [0.2, 0.25) is 0 Å². The molecule has 0 bridgehead atoms. The molecule has 4 nitrogen and oxygen atoms in total. The van der Waals surface area contributed by atoms with Gasteiger partial charge in [0, 0.05) is 27.8 Å². The Morgan fingerprint density at radius 3 is 2.22 bits per heavy atom. The van der Waals surface area contributed by atoms with Crippen LogP contribution in [0.25, 0.3) is 0 Å². The van der Waals surface area contributed by atoms with Crippen LogP contribution in [0, 0.1) is 0 Å². The van der Waals surface area contributed by atoms with Crippen molar-refractivity contribution in [3.8, 4) is 0 Å². The van der Waals surface area contributed by atoms with E-state index < -0.39 is 6.10 Å². The van der Waals surface area contributed by atoms with Crippen LogP contribution in [0.2, 0.25) is 0 Å². The number of hydrogen-bond acceptors (Lipinski definition) is 4. The SMILES string of the molecule is COC[C@@H](O)[C@H](CC(OC)c1ccccc1)OC. The number of aliphatic hydroxyl groups excluding tert-OH is 1.